The normalized spacial score (nSPS) is 11.1. The molecule has 0 radical (unpaired) electrons. The van der Waals surface area contributed by atoms with E-state index >= 15 is 0 Å². The molecule has 2 aromatic heterocycles. The molecule has 2 aromatic carbocycles. The van der Waals surface area contributed by atoms with Crippen molar-refractivity contribution in [1.29, 1.82) is 0 Å². The Labute approximate surface area is 139 Å². The van der Waals surface area contributed by atoms with Crippen LogP contribution in [0, 0.1) is 12.7 Å². The number of rotatable bonds is 2. The summed E-state index contributed by atoms with van der Waals surface area (Å²) in [5.74, 6) is 0.298. The highest BCUT2D eigenvalue weighted by Gasteiger charge is 2.15. The monoisotopic (exact) mass is 317 g/mol. The molecule has 4 heteroatoms. The molecule has 4 aromatic rings. The Balaban J connectivity index is 1.84. The van der Waals surface area contributed by atoms with Crippen LogP contribution < -0.4 is 0 Å². The molecule has 0 aliphatic heterocycles. The van der Waals surface area contributed by atoms with Gasteiger partial charge in [-0.3, -0.25) is 0 Å². The van der Waals surface area contributed by atoms with Gasteiger partial charge in [-0.2, -0.15) is 0 Å². The third-order valence-electron chi connectivity index (χ3n) is 4.16. The number of aryl methyl sites for hydroxylation is 2. The van der Waals surface area contributed by atoms with Crippen molar-refractivity contribution in [1.82, 2.24) is 14.5 Å². The molecule has 0 aliphatic carbocycles. The van der Waals surface area contributed by atoms with Crippen molar-refractivity contribution in [3.63, 3.8) is 0 Å². The van der Waals surface area contributed by atoms with Gasteiger partial charge in [0.05, 0.1) is 5.56 Å². The van der Waals surface area contributed by atoms with Gasteiger partial charge >= 0.3 is 0 Å². The van der Waals surface area contributed by atoms with Gasteiger partial charge in [0.2, 0.25) is 0 Å². The summed E-state index contributed by atoms with van der Waals surface area (Å²) in [6, 6.07) is 17.0. The number of nitrogens with zero attached hydrogens (tertiary/aromatic N) is 3. The van der Waals surface area contributed by atoms with Crippen LogP contribution in [0.5, 0.6) is 0 Å². The molecule has 0 atom stereocenters. The van der Waals surface area contributed by atoms with E-state index in [1.54, 1.807) is 18.3 Å². The first kappa shape index (κ1) is 14.6. The van der Waals surface area contributed by atoms with E-state index in [9.17, 15) is 4.39 Å². The number of pyridine rings is 1. The second-order valence-corrected chi connectivity index (χ2v) is 5.91. The summed E-state index contributed by atoms with van der Waals surface area (Å²) in [4.78, 5) is 8.97. The molecule has 0 aliphatic rings. The lowest BCUT2D eigenvalue weighted by atomic mass is 10.0. The molecule has 0 saturated carbocycles. The van der Waals surface area contributed by atoms with Crippen molar-refractivity contribution in [2.45, 2.75) is 6.92 Å². The average molecular weight is 317 g/mol. The molecule has 0 unspecified atom stereocenters. The molecule has 0 saturated heterocycles. The molecular weight excluding hydrogens is 301 g/mol. The van der Waals surface area contributed by atoms with Crippen LogP contribution in [-0.2, 0) is 7.05 Å². The standard InChI is InChI=1S/C20H16FN3/c1-13-10-18-20(22-12-13)24(2)19(23-18)16-9-8-15(11-17(16)21)14-6-4-3-5-7-14/h3-12H,1-2H3. The number of halogens is 1. The number of fused-ring (bicyclic) bond motifs is 1. The molecule has 0 amide bonds. The molecule has 2 heterocycles. The van der Waals surface area contributed by atoms with Crippen LogP contribution >= 0.6 is 0 Å². The molecular formula is C20H16FN3. The van der Waals surface area contributed by atoms with Crippen LogP contribution in [0.4, 0.5) is 4.39 Å². The summed E-state index contributed by atoms with van der Waals surface area (Å²) < 4.78 is 16.6. The molecule has 24 heavy (non-hydrogen) atoms. The van der Waals surface area contributed by atoms with Crippen LogP contribution in [0.3, 0.4) is 0 Å². The molecule has 4 rings (SSSR count). The van der Waals surface area contributed by atoms with Gasteiger partial charge in [0.1, 0.15) is 17.2 Å². The van der Waals surface area contributed by atoms with Crippen LogP contribution in [0.2, 0.25) is 0 Å². The van der Waals surface area contributed by atoms with Crippen molar-refractivity contribution < 1.29 is 4.39 Å². The zero-order valence-electron chi connectivity index (χ0n) is 13.5. The summed E-state index contributed by atoms with van der Waals surface area (Å²) in [5.41, 5.74) is 4.89. The van der Waals surface area contributed by atoms with Gasteiger partial charge in [-0.05, 0) is 41.8 Å². The fraction of sp³-hybridized carbons (Fsp3) is 0.100. The van der Waals surface area contributed by atoms with E-state index in [0.29, 0.717) is 11.4 Å². The highest BCUT2D eigenvalue weighted by molar-refractivity contribution is 5.78. The number of hydrogen-bond acceptors (Lipinski definition) is 2. The SMILES string of the molecule is Cc1cnc2c(c1)nc(-c1ccc(-c3ccccc3)cc1F)n2C. The fourth-order valence-corrected chi connectivity index (χ4v) is 2.92. The van der Waals surface area contributed by atoms with Crippen LogP contribution in [-0.4, -0.2) is 14.5 Å². The summed E-state index contributed by atoms with van der Waals surface area (Å²) in [7, 11) is 1.86. The van der Waals surface area contributed by atoms with Gasteiger partial charge in [-0.25, -0.2) is 14.4 Å². The maximum Gasteiger partial charge on any atom is 0.160 e. The second-order valence-electron chi connectivity index (χ2n) is 5.91. The summed E-state index contributed by atoms with van der Waals surface area (Å²) in [6.45, 7) is 1.97. The van der Waals surface area contributed by atoms with Gasteiger partial charge in [0, 0.05) is 13.2 Å². The zero-order valence-corrected chi connectivity index (χ0v) is 13.5. The van der Waals surface area contributed by atoms with Crippen LogP contribution in [0.1, 0.15) is 5.56 Å². The van der Waals surface area contributed by atoms with E-state index in [4.69, 9.17) is 0 Å². The Hall–Kier alpha value is -3.01. The average Bonchev–Trinajstić information content (AvgIpc) is 2.91. The molecule has 3 nitrogen and oxygen atoms in total. The lowest BCUT2D eigenvalue weighted by molar-refractivity contribution is 0.629. The first-order chi connectivity index (χ1) is 11.6. The van der Waals surface area contributed by atoms with Crippen molar-refractivity contribution >= 4 is 11.2 Å². The first-order valence-corrected chi connectivity index (χ1v) is 7.78. The van der Waals surface area contributed by atoms with Crippen molar-refractivity contribution in [3.8, 4) is 22.5 Å². The molecule has 0 spiro atoms. The minimum absolute atomic E-state index is 0.286. The third-order valence-corrected chi connectivity index (χ3v) is 4.16. The van der Waals surface area contributed by atoms with Crippen LogP contribution in [0.15, 0.2) is 60.8 Å². The lowest BCUT2D eigenvalue weighted by Gasteiger charge is -2.07. The summed E-state index contributed by atoms with van der Waals surface area (Å²) in [6.07, 6.45) is 1.79. The minimum atomic E-state index is -0.286. The number of benzene rings is 2. The van der Waals surface area contributed by atoms with E-state index in [1.807, 2.05) is 61.0 Å². The predicted molar refractivity (Wildman–Crippen MR) is 94.1 cm³/mol. The van der Waals surface area contributed by atoms with Gasteiger partial charge in [0.25, 0.3) is 0 Å². The van der Waals surface area contributed by atoms with E-state index in [1.165, 1.54) is 0 Å². The van der Waals surface area contributed by atoms with Crippen molar-refractivity contribution in [2.75, 3.05) is 0 Å². The molecule has 0 N–H and O–H groups in total. The lowest BCUT2D eigenvalue weighted by Crippen LogP contribution is -1.96. The Bertz CT molecular complexity index is 1040. The van der Waals surface area contributed by atoms with Crippen molar-refractivity contribution in [3.05, 3.63) is 72.2 Å². The topological polar surface area (TPSA) is 30.7 Å². The highest BCUT2D eigenvalue weighted by Crippen LogP contribution is 2.29. The predicted octanol–water partition coefficient (Wildman–Crippen LogP) is 4.75. The minimum Gasteiger partial charge on any atom is -0.312 e. The Morgan fingerprint density at radius 1 is 0.958 bits per heavy atom. The van der Waals surface area contributed by atoms with Gasteiger partial charge < -0.3 is 4.57 Å². The van der Waals surface area contributed by atoms with Gasteiger partial charge in [-0.1, -0.05) is 36.4 Å². The summed E-state index contributed by atoms with van der Waals surface area (Å²) >= 11 is 0. The third kappa shape index (κ3) is 2.36. The number of hydrogen-bond donors (Lipinski definition) is 0. The first-order valence-electron chi connectivity index (χ1n) is 7.78. The Morgan fingerprint density at radius 3 is 2.50 bits per heavy atom. The Kier molecular flexibility index (Phi) is 3.38. The van der Waals surface area contributed by atoms with Gasteiger partial charge in [0.15, 0.2) is 5.65 Å². The second kappa shape index (κ2) is 5.57. The molecule has 0 fully saturated rings. The van der Waals surface area contributed by atoms with E-state index in [2.05, 4.69) is 9.97 Å². The van der Waals surface area contributed by atoms with E-state index in [-0.39, 0.29) is 5.82 Å². The maximum absolute atomic E-state index is 14.7. The number of aromatic nitrogens is 3. The smallest absolute Gasteiger partial charge is 0.160 e. The largest absolute Gasteiger partial charge is 0.312 e. The van der Waals surface area contributed by atoms with Crippen molar-refractivity contribution in [2.24, 2.45) is 7.05 Å². The number of imidazole rings is 1. The molecule has 0 bridgehead atoms. The van der Waals surface area contributed by atoms with E-state index in [0.717, 1.165) is 27.9 Å². The quantitative estimate of drug-likeness (QED) is 0.534. The molecule has 118 valence electrons. The van der Waals surface area contributed by atoms with Gasteiger partial charge in [-0.15, -0.1) is 0 Å². The van der Waals surface area contributed by atoms with Crippen LogP contribution in [0.25, 0.3) is 33.7 Å². The van der Waals surface area contributed by atoms with E-state index < -0.39 is 0 Å². The summed E-state index contributed by atoms with van der Waals surface area (Å²) in [5, 5.41) is 0. The zero-order chi connectivity index (χ0) is 16.7. The highest BCUT2D eigenvalue weighted by atomic mass is 19.1. The maximum atomic E-state index is 14.7. The fourth-order valence-electron chi connectivity index (χ4n) is 2.92. The Morgan fingerprint density at radius 2 is 1.75 bits per heavy atom.